The lowest BCUT2D eigenvalue weighted by Crippen LogP contribution is -2.15. The predicted octanol–water partition coefficient (Wildman–Crippen LogP) is 6.74. The Kier molecular flexibility index (Phi) is 10.3. The van der Waals surface area contributed by atoms with Gasteiger partial charge in [0.2, 0.25) is 0 Å². The van der Waals surface area contributed by atoms with Gasteiger partial charge in [0.15, 0.2) is 0 Å². The third-order valence-electron chi connectivity index (χ3n) is 4.37. The van der Waals surface area contributed by atoms with Gasteiger partial charge in [-0.1, -0.05) is 68.7 Å². The second-order valence-electron chi connectivity index (χ2n) is 6.94. The van der Waals surface area contributed by atoms with E-state index in [0.29, 0.717) is 5.25 Å². The predicted molar refractivity (Wildman–Crippen MR) is 121 cm³/mol. The van der Waals surface area contributed by atoms with Crippen LogP contribution in [-0.4, -0.2) is 37.0 Å². The lowest BCUT2D eigenvalue weighted by Gasteiger charge is -2.19. The van der Waals surface area contributed by atoms with Crippen LogP contribution in [0.4, 0.5) is 0 Å². The molecule has 2 aromatic rings. The maximum absolute atomic E-state index is 2.33. The minimum atomic E-state index is 0.416. The second-order valence-corrected chi connectivity index (χ2v) is 9.32. The fraction of sp³-hybridized carbons (Fsp3) is 0.478. The fourth-order valence-electron chi connectivity index (χ4n) is 2.82. The van der Waals surface area contributed by atoms with E-state index >= 15 is 0 Å². The van der Waals surface area contributed by atoms with Crippen molar-refractivity contribution in [2.24, 2.45) is 0 Å². The van der Waals surface area contributed by atoms with Gasteiger partial charge < -0.3 is 4.90 Å². The summed E-state index contributed by atoms with van der Waals surface area (Å²) in [6.45, 7) is 3.38. The summed E-state index contributed by atoms with van der Waals surface area (Å²) in [4.78, 5) is 3.66. The van der Waals surface area contributed by atoms with Gasteiger partial charge in [-0.3, -0.25) is 0 Å². The highest BCUT2D eigenvalue weighted by atomic mass is 32.2. The van der Waals surface area contributed by atoms with Crippen molar-refractivity contribution in [2.45, 2.75) is 42.8 Å². The molecule has 1 unspecified atom stereocenters. The van der Waals surface area contributed by atoms with Crippen molar-refractivity contribution in [3.63, 3.8) is 0 Å². The van der Waals surface area contributed by atoms with E-state index in [0.717, 1.165) is 12.3 Å². The summed E-state index contributed by atoms with van der Waals surface area (Å²) < 4.78 is 0. The number of hydrogen-bond acceptors (Lipinski definition) is 3. The summed E-state index contributed by atoms with van der Waals surface area (Å²) in [6.07, 6.45) is 5.36. The highest BCUT2D eigenvalue weighted by Gasteiger charge is 2.14. The minimum Gasteiger partial charge on any atom is -0.309 e. The Morgan fingerprint density at radius 1 is 0.808 bits per heavy atom. The Morgan fingerprint density at radius 3 is 2.15 bits per heavy atom. The van der Waals surface area contributed by atoms with Crippen LogP contribution in [0.2, 0.25) is 0 Å². The Bertz CT molecular complexity index is 595. The Balaban J connectivity index is 1.98. The maximum atomic E-state index is 2.33. The Morgan fingerprint density at radius 2 is 1.50 bits per heavy atom. The average molecular weight is 388 g/mol. The van der Waals surface area contributed by atoms with E-state index in [1.54, 1.807) is 0 Å². The first-order valence-electron chi connectivity index (χ1n) is 9.74. The molecule has 0 spiro atoms. The van der Waals surface area contributed by atoms with Crippen LogP contribution in [0.15, 0.2) is 59.5 Å². The molecule has 2 aromatic carbocycles. The van der Waals surface area contributed by atoms with Crippen molar-refractivity contribution in [1.29, 1.82) is 0 Å². The van der Waals surface area contributed by atoms with E-state index in [2.05, 4.69) is 80.5 Å². The molecule has 0 saturated carbocycles. The molecule has 26 heavy (non-hydrogen) atoms. The van der Waals surface area contributed by atoms with E-state index in [-0.39, 0.29) is 0 Å². The van der Waals surface area contributed by atoms with Crippen molar-refractivity contribution < 1.29 is 0 Å². The lowest BCUT2D eigenvalue weighted by molar-refractivity contribution is 0.437. The molecule has 1 atom stereocenters. The maximum Gasteiger partial charge on any atom is 0.0547 e. The molecule has 0 heterocycles. The highest BCUT2D eigenvalue weighted by molar-refractivity contribution is 7.99. The van der Waals surface area contributed by atoms with Crippen LogP contribution >= 0.6 is 23.5 Å². The number of unbranched alkanes of at least 4 members (excludes halogenated alkanes) is 3. The van der Waals surface area contributed by atoms with Crippen molar-refractivity contribution in [3.8, 4) is 0 Å². The van der Waals surface area contributed by atoms with Crippen molar-refractivity contribution in [3.05, 3.63) is 65.7 Å². The van der Waals surface area contributed by atoms with Gasteiger partial charge in [-0.2, -0.15) is 0 Å². The van der Waals surface area contributed by atoms with Gasteiger partial charge >= 0.3 is 0 Å². The van der Waals surface area contributed by atoms with Gasteiger partial charge in [-0.15, -0.1) is 23.5 Å². The van der Waals surface area contributed by atoms with Crippen LogP contribution in [-0.2, 0) is 0 Å². The summed E-state index contributed by atoms with van der Waals surface area (Å²) in [5.41, 5.74) is 2.81. The highest BCUT2D eigenvalue weighted by Crippen LogP contribution is 2.36. The number of rotatable bonds is 12. The van der Waals surface area contributed by atoms with Crippen LogP contribution in [0.1, 0.15) is 49.0 Å². The van der Waals surface area contributed by atoms with E-state index in [1.165, 1.54) is 47.5 Å². The van der Waals surface area contributed by atoms with Crippen molar-refractivity contribution in [1.82, 2.24) is 4.90 Å². The molecular weight excluding hydrogens is 354 g/mol. The van der Waals surface area contributed by atoms with Gasteiger partial charge in [0.25, 0.3) is 0 Å². The molecule has 0 aliphatic carbocycles. The third-order valence-corrected chi connectivity index (χ3v) is 6.77. The molecule has 2 rings (SSSR count). The van der Waals surface area contributed by atoms with Crippen molar-refractivity contribution in [2.75, 3.05) is 32.1 Å². The van der Waals surface area contributed by atoms with E-state index in [4.69, 9.17) is 0 Å². The van der Waals surface area contributed by atoms with Crippen LogP contribution in [0.3, 0.4) is 0 Å². The number of thioether (sulfide) groups is 2. The second kappa shape index (κ2) is 12.5. The zero-order chi connectivity index (χ0) is 18.6. The van der Waals surface area contributed by atoms with Gasteiger partial charge in [0.1, 0.15) is 0 Å². The van der Waals surface area contributed by atoms with E-state index in [1.807, 2.05) is 23.5 Å². The molecule has 0 amide bonds. The largest absolute Gasteiger partial charge is 0.309 e. The Hall–Kier alpha value is -0.900. The van der Waals surface area contributed by atoms with Crippen molar-refractivity contribution >= 4 is 23.5 Å². The van der Waals surface area contributed by atoms with Gasteiger partial charge in [-0.25, -0.2) is 0 Å². The molecule has 3 heteroatoms. The molecular formula is C23H33NS2. The fourth-order valence-corrected chi connectivity index (χ4v) is 5.14. The molecule has 0 aliphatic heterocycles. The first-order valence-corrected chi connectivity index (χ1v) is 11.8. The minimum absolute atomic E-state index is 0.416. The monoisotopic (exact) mass is 387 g/mol. The molecule has 0 N–H and O–H groups in total. The quantitative estimate of drug-likeness (QED) is 0.293. The van der Waals surface area contributed by atoms with Crippen LogP contribution < -0.4 is 0 Å². The molecule has 1 nitrogen and oxygen atoms in total. The zero-order valence-electron chi connectivity index (χ0n) is 16.5. The summed E-state index contributed by atoms with van der Waals surface area (Å²) in [6, 6.07) is 20.2. The number of benzene rings is 2. The first kappa shape index (κ1) is 21.4. The van der Waals surface area contributed by atoms with Gasteiger partial charge in [0.05, 0.1) is 5.25 Å². The van der Waals surface area contributed by atoms with Gasteiger partial charge in [-0.05, 0) is 49.5 Å². The molecule has 0 bridgehead atoms. The standard InChI is InChI=1S/C23H33NS2/c1-4-5-6-10-18-25-22-15-13-21(14-16-22)23(26-19-17-24(2)3)20-11-8-7-9-12-20/h7-9,11-16,23H,4-6,10,17-19H2,1-3H3. The topological polar surface area (TPSA) is 3.24 Å². The van der Waals surface area contributed by atoms with Crippen LogP contribution in [0, 0.1) is 0 Å². The summed E-state index contributed by atoms with van der Waals surface area (Å²) in [5.74, 6) is 2.37. The molecule has 0 aliphatic rings. The summed E-state index contributed by atoms with van der Waals surface area (Å²) in [7, 11) is 4.29. The zero-order valence-corrected chi connectivity index (χ0v) is 18.1. The van der Waals surface area contributed by atoms with Crippen LogP contribution in [0.5, 0.6) is 0 Å². The molecule has 0 fully saturated rings. The van der Waals surface area contributed by atoms with E-state index < -0.39 is 0 Å². The average Bonchev–Trinajstić information content (AvgIpc) is 2.66. The smallest absolute Gasteiger partial charge is 0.0547 e. The van der Waals surface area contributed by atoms with Crippen LogP contribution in [0.25, 0.3) is 0 Å². The Labute approximate surface area is 169 Å². The van der Waals surface area contributed by atoms with Gasteiger partial charge in [0, 0.05) is 17.2 Å². The summed E-state index contributed by atoms with van der Waals surface area (Å²) in [5, 5.41) is 0.416. The lowest BCUT2D eigenvalue weighted by atomic mass is 10.0. The normalized spacial score (nSPS) is 12.5. The number of hydrogen-bond donors (Lipinski definition) is 0. The SMILES string of the molecule is CCCCCCSc1ccc(C(SCCN(C)C)c2ccccc2)cc1. The van der Waals surface area contributed by atoms with E-state index in [9.17, 15) is 0 Å². The molecule has 0 radical (unpaired) electrons. The molecule has 0 saturated heterocycles. The third kappa shape index (κ3) is 7.77. The summed E-state index contributed by atoms with van der Waals surface area (Å²) >= 11 is 4.04. The molecule has 142 valence electrons. The number of nitrogens with zero attached hydrogens (tertiary/aromatic N) is 1. The first-order chi connectivity index (χ1) is 12.7. The molecule has 0 aromatic heterocycles.